The molecular weight excluding hydrogens is 335 g/mol. The number of aliphatic hydroxyl groups excluding tert-OH is 1. The number of β-amino-alcohol motifs (C(OH)–C–C–N with tert-alkyl or cyclic N) is 1. The van der Waals surface area contributed by atoms with Crippen LogP contribution in [0.25, 0.3) is 0 Å². The van der Waals surface area contributed by atoms with Crippen molar-refractivity contribution in [2.24, 2.45) is 5.92 Å². The fraction of sp³-hybridized carbons (Fsp3) is 0.550. The first kappa shape index (κ1) is 18.9. The first-order chi connectivity index (χ1) is 12.6. The predicted molar refractivity (Wildman–Crippen MR) is 98.4 cm³/mol. The summed E-state index contributed by atoms with van der Waals surface area (Å²) in [5.74, 6) is 0.377. The lowest BCUT2D eigenvalue weighted by molar-refractivity contribution is -0.132. The number of fused-ring (bicyclic) bond motifs is 1. The molecule has 1 aliphatic carbocycles. The number of halogens is 1. The molecule has 1 heterocycles. The van der Waals surface area contributed by atoms with Crippen LogP contribution in [-0.4, -0.2) is 54.9 Å². The lowest BCUT2D eigenvalue weighted by Gasteiger charge is -2.34. The lowest BCUT2D eigenvalue weighted by atomic mass is 10.1. The minimum Gasteiger partial charge on any atom is -0.389 e. The van der Waals surface area contributed by atoms with Gasteiger partial charge in [0.15, 0.2) is 0 Å². The fourth-order valence-corrected chi connectivity index (χ4v) is 3.35. The Kier molecular flexibility index (Phi) is 6.27. The zero-order chi connectivity index (χ0) is 18.5. The van der Waals surface area contributed by atoms with E-state index in [2.05, 4.69) is 6.58 Å². The number of rotatable bonds is 8. The summed E-state index contributed by atoms with van der Waals surface area (Å²) in [5, 5.41) is 10.2. The van der Waals surface area contributed by atoms with Crippen molar-refractivity contribution in [2.75, 3.05) is 37.7 Å². The monoisotopic (exact) mass is 362 g/mol. The van der Waals surface area contributed by atoms with Gasteiger partial charge in [-0.25, -0.2) is 4.39 Å². The molecule has 0 spiro atoms. The third-order valence-corrected chi connectivity index (χ3v) is 4.84. The van der Waals surface area contributed by atoms with E-state index < -0.39 is 6.10 Å². The molecular formula is C20H27FN2O3. The van der Waals surface area contributed by atoms with Gasteiger partial charge in [-0.15, -0.1) is 6.58 Å². The van der Waals surface area contributed by atoms with E-state index in [1.54, 1.807) is 12.1 Å². The number of aliphatic hydroxyl groups is 1. The smallest absolute Gasteiger partial charge is 0.224 e. The number of hydrogen-bond donors (Lipinski definition) is 1. The van der Waals surface area contributed by atoms with Gasteiger partial charge in [-0.2, -0.15) is 0 Å². The van der Waals surface area contributed by atoms with Crippen LogP contribution in [0.1, 0.15) is 24.8 Å². The van der Waals surface area contributed by atoms with Crippen LogP contribution in [0.2, 0.25) is 0 Å². The SMILES string of the molecule is C=CCOCC(O)CN1CCC(=O)N(CC2CC2)Cc2cc(F)ccc21. The maximum Gasteiger partial charge on any atom is 0.224 e. The van der Waals surface area contributed by atoms with Gasteiger partial charge in [0.05, 0.1) is 19.3 Å². The third kappa shape index (κ3) is 5.05. The normalized spacial score (nSPS) is 18.9. The summed E-state index contributed by atoms with van der Waals surface area (Å²) in [6.07, 6.45) is 3.67. The molecule has 1 unspecified atom stereocenters. The van der Waals surface area contributed by atoms with Crippen molar-refractivity contribution in [3.8, 4) is 0 Å². The van der Waals surface area contributed by atoms with Gasteiger partial charge in [-0.1, -0.05) is 6.08 Å². The molecule has 5 nitrogen and oxygen atoms in total. The van der Waals surface area contributed by atoms with Crippen molar-refractivity contribution in [1.82, 2.24) is 4.90 Å². The van der Waals surface area contributed by atoms with Gasteiger partial charge in [-0.3, -0.25) is 4.79 Å². The summed E-state index contributed by atoms with van der Waals surface area (Å²) in [6.45, 7) is 6.17. The standard InChI is InChI=1S/C20H27FN2O3/c1-2-9-26-14-18(24)13-22-8-7-20(25)23(11-15-3-4-15)12-16-10-17(21)5-6-19(16)22/h2,5-6,10,15,18,24H,1,3-4,7-9,11-14H2. The highest BCUT2D eigenvalue weighted by molar-refractivity contribution is 5.78. The van der Waals surface area contributed by atoms with Crippen molar-refractivity contribution in [2.45, 2.75) is 31.9 Å². The number of anilines is 1. The van der Waals surface area contributed by atoms with Crippen LogP contribution in [-0.2, 0) is 16.1 Å². The highest BCUT2D eigenvalue weighted by atomic mass is 19.1. The number of carbonyl (C=O) groups excluding carboxylic acids is 1. The van der Waals surface area contributed by atoms with Crippen LogP contribution in [0.15, 0.2) is 30.9 Å². The molecule has 1 saturated carbocycles. The Hall–Kier alpha value is -1.92. The van der Waals surface area contributed by atoms with Gasteiger partial charge in [0.2, 0.25) is 5.91 Å². The van der Waals surface area contributed by atoms with E-state index in [-0.39, 0.29) is 18.3 Å². The quantitative estimate of drug-likeness (QED) is 0.570. The number of ether oxygens (including phenoxy) is 1. The minimum atomic E-state index is -0.690. The van der Waals surface area contributed by atoms with Crippen molar-refractivity contribution < 1.29 is 19.0 Å². The third-order valence-electron chi connectivity index (χ3n) is 4.84. The molecule has 1 atom stereocenters. The fourth-order valence-electron chi connectivity index (χ4n) is 3.35. The van der Waals surface area contributed by atoms with E-state index in [4.69, 9.17) is 4.74 Å². The van der Waals surface area contributed by atoms with Crippen LogP contribution in [0.4, 0.5) is 10.1 Å². The molecule has 0 aromatic heterocycles. The molecule has 1 amide bonds. The molecule has 142 valence electrons. The van der Waals surface area contributed by atoms with Crippen molar-refractivity contribution in [3.63, 3.8) is 0 Å². The van der Waals surface area contributed by atoms with E-state index in [0.717, 1.165) is 17.8 Å². The molecule has 1 aromatic rings. The van der Waals surface area contributed by atoms with E-state index in [0.29, 0.717) is 38.6 Å². The lowest BCUT2D eigenvalue weighted by Crippen LogP contribution is -2.42. The van der Waals surface area contributed by atoms with Crippen LogP contribution in [0.5, 0.6) is 0 Å². The average Bonchev–Trinajstić information content (AvgIpc) is 3.41. The summed E-state index contributed by atoms with van der Waals surface area (Å²) in [6, 6.07) is 4.68. The van der Waals surface area contributed by atoms with Gasteiger partial charge in [-0.05, 0) is 42.5 Å². The Morgan fingerprint density at radius 1 is 1.38 bits per heavy atom. The number of carbonyl (C=O) groups is 1. The summed E-state index contributed by atoms with van der Waals surface area (Å²) in [5.41, 5.74) is 1.67. The van der Waals surface area contributed by atoms with Crippen LogP contribution < -0.4 is 4.90 Å². The van der Waals surface area contributed by atoms with Crippen LogP contribution in [0, 0.1) is 11.7 Å². The second-order valence-corrected chi connectivity index (χ2v) is 7.17. The molecule has 1 fully saturated rings. The Balaban J connectivity index is 1.75. The van der Waals surface area contributed by atoms with Gasteiger partial charge < -0.3 is 19.6 Å². The largest absolute Gasteiger partial charge is 0.389 e. The van der Waals surface area contributed by atoms with Gasteiger partial charge in [0, 0.05) is 38.3 Å². The maximum absolute atomic E-state index is 13.8. The van der Waals surface area contributed by atoms with Crippen LogP contribution >= 0.6 is 0 Å². The molecule has 1 aromatic carbocycles. The molecule has 0 radical (unpaired) electrons. The second-order valence-electron chi connectivity index (χ2n) is 7.17. The minimum absolute atomic E-state index is 0.0919. The topological polar surface area (TPSA) is 53.0 Å². The summed E-state index contributed by atoms with van der Waals surface area (Å²) < 4.78 is 19.1. The number of nitrogens with zero attached hydrogens (tertiary/aromatic N) is 2. The summed E-state index contributed by atoms with van der Waals surface area (Å²) in [7, 11) is 0. The molecule has 1 N–H and O–H groups in total. The highest BCUT2D eigenvalue weighted by Gasteiger charge is 2.29. The first-order valence-electron chi connectivity index (χ1n) is 9.24. The molecule has 3 rings (SSSR count). The van der Waals surface area contributed by atoms with Gasteiger partial charge in [0.1, 0.15) is 5.82 Å². The molecule has 0 bridgehead atoms. The van der Waals surface area contributed by atoms with Gasteiger partial charge >= 0.3 is 0 Å². The summed E-state index contributed by atoms with van der Waals surface area (Å²) >= 11 is 0. The highest BCUT2D eigenvalue weighted by Crippen LogP contribution is 2.32. The Labute approximate surface area is 154 Å². The first-order valence-corrected chi connectivity index (χ1v) is 9.24. The maximum atomic E-state index is 13.8. The number of amides is 1. The van der Waals surface area contributed by atoms with Crippen molar-refractivity contribution >= 4 is 11.6 Å². The molecule has 26 heavy (non-hydrogen) atoms. The number of hydrogen-bond acceptors (Lipinski definition) is 4. The van der Waals surface area contributed by atoms with E-state index in [1.165, 1.54) is 25.0 Å². The molecule has 1 aliphatic heterocycles. The average molecular weight is 362 g/mol. The predicted octanol–water partition coefficient (Wildman–Crippen LogP) is 2.34. The van der Waals surface area contributed by atoms with E-state index in [9.17, 15) is 14.3 Å². The summed E-state index contributed by atoms with van der Waals surface area (Å²) in [4.78, 5) is 16.4. The Morgan fingerprint density at radius 3 is 2.92 bits per heavy atom. The van der Waals surface area contributed by atoms with Gasteiger partial charge in [0.25, 0.3) is 0 Å². The second kappa shape index (κ2) is 8.64. The van der Waals surface area contributed by atoms with Crippen molar-refractivity contribution in [1.29, 1.82) is 0 Å². The van der Waals surface area contributed by atoms with E-state index in [1.807, 2.05) is 9.80 Å². The van der Waals surface area contributed by atoms with E-state index >= 15 is 0 Å². The molecule has 6 heteroatoms. The zero-order valence-electron chi connectivity index (χ0n) is 15.1. The Morgan fingerprint density at radius 2 is 2.19 bits per heavy atom. The van der Waals surface area contributed by atoms with Crippen molar-refractivity contribution in [3.05, 3.63) is 42.2 Å². The zero-order valence-corrected chi connectivity index (χ0v) is 15.1. The molecule has 0 saturated heterocycles. The van der Waals surface area contributed by atoms with Crippen LogP contribution in [0.3, 0.4) is 0 Å². The molecule has 2 aliphatic rings. The number of benzene rings is 1. The Bertz CT molecular complexity index is 648.